The van der Waals surface area contributed by atoms with E-state index >= 15 is 0 Å². The first-order chi connectivity index (χ1) is 8.36. The van der Waals surface area contributed by atoms with E-state index < -0.39 is 0 Å². The molecule has 0 saturated heterocycles. The second-order valence-electron chi connectivity index (χ2n) is 4.88. The zero-order valence-electron chi connectivity index (χ0n) is 10.3. The molecule has 1 N–H and O–H groups in total. The Labute approximate surface area is 113 Å². The molecule has 0 aliphatic heterocycles. The van der Waals surface area contributed by atoms with Crippen LogP contribution in [0.25, 0.3) is 0 Å². The summed E-state index contributed by atoms with van der Waals surface area (Å²) in [5, 5.41) is 6.49. The standard InChI is InChI=1S/C12H13BrN2O3/c1-12(2,3)8-6-10(18-15-8)14-11(16)7-4-5-9(13)17-7/h4-6H,1-3H3,(H,14,16). The van der Waals surface area contributed by atoms with Crippen molar-refractivity contribution in [1.82, 2.24) is 5.16 Å². The van der Waals surface area contributed by atoms with Gasteiger partial charge in [0.1, 0.15) is 0 Å². The Morgan fingerprint density at radius 1 is 1.39 bits per heavy atom. The minimum atomic E-state index is -0.377. The molecule has 0 aliphatic carbocycles. The number of nitrogens with zero attached hydrogens (tertiary/aromatic N) is 1. The normalized spacial score (nSPS) is 11.6. The molecule has 2 heterocycles. The summed E-state index contributed by atoms with van der Waals surface area (Å²) in [7, 11) is 0. The lowest BCUT2D eigenvalue weighted by molar-refractivity contribution is 0.0992. The molecule has 2 rings (SSSR count). The molecule has 5 nitrogen and oxygen atoms in total. The summed E-state index contributed by atoms with van der Waals surface area (Å²) in [6, 6.07) is 4.92. The highest BCUT2D eigenvalue weighted by Crippen LogP contribution is 2.24. The molecule has 0 saturated carbocycles. The fraction of sp³-hybridized carbons (Fsp3) is 0.333. The van der Waals surface area contributed by atoms with Crippen molar-refractivity contribution in [2.24, 2.45) is 0 Å². The summed E-state index contributed by atoms with van der Waals surface area (Å²) in [6.07, 6.45) is 0. The number of carbonyl (C=O) groups is 1. The van der Waals surface area contributed by atoms with Gasteiger partial charge in [-0.2, -0.15) is 0 Å². The van der Waals surface area contributed by atoms with Gasteiger partial charge in [-0.3, -0.25) is 10.1 Å². The summed E-state index contributed by atoms with van der Waals surface area (Å²) in [4.78, 5) is 11.8. The van der Waals surface area contributed by atoms with Crippen LogP contribution in [-0.4, -0.2) is 11.1 Å². The van der Waals surface area contributed by atoms with E-state index in [9.17, 15) is 4.79 Å². The minimum absolute atomic E-state index is 0.125. The van der Waals surface area contributed by atoms with Gasteiger partial charge in [0.2, 0.25) is 5.88 Å². The lowest BCUT2D eigenvalue weighted by Gasteiger charge is -2.12. The van der Waals surface area contributed by atoms with Crippen LogP contribution in [0.3, 0.4) is 0 Å². The highest BCUT2D eigenvalue weighted by Gasteiger charge is 2.20. The SMILES string of the molecule is CC(C)(C)c1cc(NC(=O)c2ccc(Br)o2)on1. The Balaban J connectivity index is 2.10. The molecule has 96 valence electrons. The summed E-state index contributed by atoms with van der Waals surface area (Å²) >= 11 is 3.13. The van der Waals surface area contributed by atoms with Crippen molar-refractivity contribution < 1.29 is 13.7 Å². The molecule has 0 fully saturated rings. The monoisotopic (exact) mass is 312 g/mol. The maximum atomic E-state index is 11.8. The number of carbonyl (C=O) groups excluding carboxylic acids is 1. The van der Waals surface area contributed by atoms with E-state index in [1.54, 1.807) is 18.2 Å². The molecule has 2 aromatic heterocycles. The lowest BCUT2D eigenvalue weighted by Crippen LogP contribution is -2.12. The van der Waals surface area contributed by atoms with Crippen LogP contribution in [-0.2, 0) is 5.41 Å². The Morgan fingerprint density at radius 3 is 2.61 bits per heavy atom. The van der Waals surface area contributed by atoms with Crippen molar-refractivity contribution in [3.8, 4) is 0 Å². The molecule has 0 radical (unpaired) electrons. The number of halogens is 1. The lowest BCUT2D eigenvalue weighted by atomic mass is 9.92. The van der Waals surface area contributed by atoms with Gasteiger partial charge in [-0.05, 0) is 28.1 Å². The van der Waals surface area contributed by atoms with Crippen LogP contribution in [0.1, 0.15) is 37.0 Å². The predicted molar refractivity (Wildman–Crippen MR) is 69.6 cm³/mol. The quantitative estimate of drug-likeness (QED) is 0.920. The van der Waals surface area contributed by atoms with Crippen molar-refractivity contribution in [3.63, 3.8) is 0 Å². The average Bonchev–Trinajstić information content (AvgIpc) is 2.85. The van der Waals surface area contributed by atoms with Gasteiger partial charge in [0.05, 0.1) is 5.69 Å². The summed E-state index contributed by atoms with van der Waals surface area (Å²) in [5.74, 6) is 0.130. The number of aromatic nitrogens is 1. The highest BCUT2D eigenvalue weighted by molar-refractivity contribution is 9.10. The predicted octanol–water partition coefficient (Wildman–Crippen LogP) is 3.58. The number of furan rings is 1. The number of nitrogens with one attached hydrogen (secondary N) is 1. The van der Waals surface area contributed by atoms with Crippen LogP contribution >= 0.6 is 15.9 Å². The molecule has 18 heavy (non-hydrogen) atoms. The largest absolute Gasteiger partial charge is 0.444 e. The van der Waals surface area contributed by atoms with Gasteiger partial charge >= 0.3 is 0 Å². The third-order valence-electron chi connectivity index (χ3n) is 2.31. The first-order valence-electron chi connectivity index (χ1n) is 5.40. The fourth-order valence-corrected chi connectivity index (χ4v) is 1.60. The minimum Gasteiger partial charge on any atom is -0.444 e. The summed E-state index contributed by atoms with van der Waals surface area (Å²) in [6.45, 7) is 6.04. The van der Waals surface area contributed by atoms with Crippen LogP contribution in [0.5, 0.6) is 0 Å². The van der Waals surface area contributed by atoms with Crippen LogP contribution in [0.2, 0.25) is 0 Å². The van der Waals surface area contributed by atoms with E-state index in [4.69, 9.17) is 8.94 Å². The molecule has 0 spiro atoms. The Hall–Kier alpha value is -1.56. The molecule has 2 aromatic rings. The molecular weight excluding hydrogens is 300 g/mol. The van der Waals surface area contributed by atoms with Crippen molar-refractivity contribution in [3.05, 3.63) is 34.3 Å². The van der Waals surface area contributed by atoms with Crippen LogP contribution in [0.15, 0.2) is 31.8 Å². The Morgan fingerprint density at radius 2 is 2.11 bits per heavy atom. The molecule has 0 unspecified atom stereocenters. The maximum absolute atomic E-state index is 11.8. The van der Waals surface area contributed by atoms with Gasteiger partial charge in [0.15, 0.2) is 10.4 Å². The topological polar surface area (TPSA) is 68.3 Å². The zero-order valence-corrected chi connectivity index (χ0v) is 11.9. The van der Waals surface area contributed by atoms with E-state index in [1.807, 2.05) is 20.8 Å². The van der Waals surface area contributed by atoms with E-state index in [2.05, 4.69) is 26.4 Å². The Kier molecular flexibility index (Phi) is 3.30. The molecule has 0 aromatic carbocycles. The van der Waals surface area contributed by atoms with Gasteiger partial charge in [0.25, 0.3) is 5.91 Å². The van der Waals surface area contributed by atoms with Crippen LogP contribution in [0.4, 0.5) is 5.88 Å². The van der Waals surface area contributed by atoms with E-state index in [1.165, 1.54) is 0 Å². The smallest absolute Gasteiger partial charge is 0.293 e. The molecule has 0 atom stereocenters. The first kappa shape index (κ1) is 12.9. The van der Waals surface area contributed by atoms with Gasteiger partial charge in [-0.15, -0.1) is 0 Å². The zero-order chi connectivity index (χ0) is 13.3. The van der Waals surface area contributed by atoms with Gasteiger partial charge in [-0.1, -0.05) is 25.9 Å². The second kappa shape index (κ2) is 4.61. The molecule has 6 heteroatoms. The van der Waals surface area contributed by atoms with E-state index in [-0.39, 0.29) is 17.1 Å². The third kappa shape index (κ3) is 2.81. The summed E-state index contributed by atoms with van der Waals surface area (Å²) in [5.41, 5.74) is 0.652. The van der Waals surface area contributed by atoms with Gasteiger partial charge in [0, 0.05) is 11.5 Å². The molecule has 0 bridgehead atoms. The van der Waals surface area contributed by atoms with Crippen molar-refractivity contribution in [2.75, 3.05) is 5.32 Å². The third-order valence-corrected chi connectivity index (χ3v) is 2.74. The molecular formula is C12H13BrN2O3. The van der Waals surface area contributed by atoms with Crippen molar-refractivity contribution in [2.45, 2.75) is 26.2 Å². The van der Waals surface area contributed by atoms with E-state index in [0.29, 0.717) is 10.6 Å². The number of amides is 1. The molecule has 0 aliphatic rings. The van der Waals surface area contributed by atoms with E-state index in [0.717, 1.165) is 5.69 Å². The first-order valence-corrected chi connectivity index (χ1v) is 6.19. The fourth-order valence-electron chi connectivity index (χ4n) is 1.30. The number of anilines is 1. The number of rotatable bonds is 2. The number of hydrogen-bond acceptors (Lipinski definition) is 4. The maximum Gasteiger partial charge on any atom is 0.293 e. The average molecular weight is 313 g/mol. The second-order valence-corrected chi connectivity index (χ2v) is 5.67. The number of hydrogen-bond donors (Lipinski definition) is 1. The van der Waals surface area contributed by atoms with Crippen LogP contribution in [0, 0.1) is 0 Å². The Bertz CT molecular complexity index is 566. The highest BCUT2D eigenvalue weighted by atomic mass is 79.9. The van der Waals surface area contributed by atoms with Crippen LogP contribution < -0.4 is 5.32 Å². The summed E-state index contributed by atoms with van der Waals surface area (Å²) < 4.78 is 10.7. The van der Waals surface area contributed by atoms with Gasteiger partial charge in [-0.25, -0.2) is 0 Å². The molecule has 1 amide bonds. The van der Waals surface area contributed by atoms with Gasteiger partial charge < -0.3 is 8.94 Å². The van der Waals surface area contributed by atoms with Crippen molar-refractivity contribution >= 4 is 27.7 Å². The van der Waals surface area contributed by atoms with Crippen molar-refractivity contribution in [1.29, 1.82) is 0 Å².